The van der Waals surface area contributed by atoms with Gasteiger partial charge in [0.2, 0.25) is 0 Å². The number of benzene rings is 3. The Labute approximate surface area is 172 Å². The first kappa shape index (κ1) is 19.0. The largest absolute Gasteiger partial charge is 0.493 e. The van der Waals surface area contributed by atoms with Crippen molar-refractivity contribution in [2.24, 2.45) is 9.98 Å². The van der Waals surface area contributed by atoms with Gasteiger partial charge in [0, 0.05) is 22.8 Å². The van der Waals surface area contributed by atoms with Crippen LogP contribution >= 0.6 is 11.6 Å². The zero-order valence-electron chi connectivity index (χ0n) is 15.7. The van der Waals surface area contributed by atoms with Crippen molar-refractivity contribution < 1.29 is 14.3 Å². The smallest absolute Gasteiger partial charge is 0.368 e. The Kier molecular flexibility index (Phi) is 5.44. The maximum atomic E-state index is 11.3. The molecule has 29 heavy (non-hydrogen) atoms. The second kappa shape index (κ2) is 8.32. The van der Waals surface area contributed by atoms with Crippen molar-refractivity contribution in [1.82, 2.24) is 0 Å². The number of halogens is 1. The van der Waals surface area contributed by atoms with Gasteiger partial charge in [-0.2, -0.15) is 9.98 Å². The molecule has 2 amide bonds. The molecule has 4 rings (SSSR count). The molecule has 3 aromatic rings. The summed E-state index contributed by atoms with van der Waals surface area (Å²) >= 11 is 6.18. The van der Waals surface area contributed by atoms with E-state index in [-0.39, 0.29) is 0 Å². The highest BCUT2D eigenvalue weighted by Crippen LogP contribution is 2.30. The van der Waals surface area contributed by atoms with Gasteiger partial charge in [0.05, 0.1) is 17.8 Å². The van der Waals surface area contributed by atoms with Crippen molar-refractivity contribution in [3.63, 3.8) is 0 Å². The number of methoxy groups -OCH3 is 1. The molecule has 0 atom stereocenters. The molecule has 0 saturated carbocycles. The fourth-order valence-electron chi connectivity index (χ4n) is 2.96. The Morgan fingerprint density at radius 2 is 1.79 bits per heavy atom. The van der Waals surface area contributed by atoms with E-state index >= 15 is 0 Å². The van der Waals surface area contributed by atoms with E-state index in [1.165, 1.54) is 0 Å². The summed E-state index contributed by atoms with van der Waals surface area (Å²) < 4.78 is 11.4. The molecule has 0 bridgehead atoms. The van der Waals surface area contributed by atoms with E-state index < -0.39 is 6.03 Å². The number of nitrogens with zero attached hydrogens (tertiary/aromatic N) is 2. The predicted octanol–water partition coefficient (Wildman–Crippen LogP) is 3.91. The lowest BCUT2D eigenvalue weighted by Crippen LogP contribution is -2.21. The third-order valence-corrected chi connectivity index (χ3v) is 4.84. The first-order chi connectivity index (χ1) is 14.1. The second-order valence-corrected chi connectivity index (χ2v) is 6.84. The van der Waals surface area contributed by atoms with Crippen LogP contribution in [0.5, 0.6) is 11.5 Å². The quantitative estimate of drug-likeness (QED) is 0.644. The molecule has 3 aromatic carbocycles. The molecule has 1 aliphatic rings. The van der Waals surface area contributed by atoms with Gasteiger partial charge in [0.1, 0.15) is 6.61 Å². The summed E-state index contributed by atoms with van der Waals surface area (Å²) in [4.78, 5) is 19.0. The Bertz CT molecular complexity index is 1190. The van der Waals surface area contributed by atoms with Gasteiger partial charge in [-0.15, -0.1) is 0 Å². The molecule has 1 heterocycles. The third-order valence-electron chi connectivity index (χ3n) is 4.47. The maximum absolute atomic E-state index is 11.3. The average Bonchev–Trinajstić information content (AvgIpc) is 3.11. The van der Waals surface area contributed by atoms with Gasteiger partial charge in [0.15, 0.2) is 11.5 Å². The highest BCUT2D eigenvalue weighted by Gasteiger charge is 2.09. The predicted molar refractivity (Wildman–Crippen MR) is 110 cm³/mol. The van der Waals surface area contributed by atoms with E-state index in [0.717, 1.165) is 16.8 Å². The number of fused-ring (bicyclic) bond motifs is 1. The van der Waals surface area contributed by atoms with Crippen LogP contribution in [0.15, 0.2) is 70.6 Å². The molecule has 6 nitrogen and oxygen atoms in total. The van der Waals surface area contributed by atoms with E-state index in [1.807, 2.05) is 54.6 Å². The average molecular weight is 408 g/mol. The second-order valence-electron chi connectivity index (χ2n) is 6.43. The van der Waals surface area contributed by atoms with Crippen molar-refractivity contribution in [3.8, 4) is 11.5 Å². The molecule has 0 saturated heterocycles. The Morgan fingerprint density at radius 3 is 2.62 bits per heavy atom. The lowest BCUT2D eigenvalue weighted by atomic mass is 10.2. The highest BCUT2D eigenvalue weighted by atomic mass is 35.5. The van der Waals surface area contributed by atoms with Crippen molar-refractivity contribution >= 4 is 23.3 Å². The van der Waals surface area contributed by atoms with E-state index in [9.17, 15) is 4.79 Å². The Morgan fingerprint density at radius 1 is 0.966 bits per heavy atom. The fraction of sp³-hybridized carbons (Fsp3) is 0.136. The zero-order chi connectivity index (χ0) is 20.2. The maximum Gasteiger partial charge on any atom is 0.368 e. The van der Waals surface area contributed by atoms with Crippen LogP contribution in [0.1, 0.15) is 11.1 Å². The topological polar surface area (TPSA) is 72.3 Å². The van der Waals surface area contributed by atoms with Crippen molar-refractivity contribution in [3.05, 3.63) is 87.5 Å². The van der Waals surface area contributed by atoms with Crippen LogP contribution in [-0.2, 0) is 13.2 Å². The summed E-state index contributed by atoms with van der Waals surface area (Å²) in [6, 6.07) is 18.3. The van der Waals surface area contributed by atoms with Gasteiger partial charge in [-0.25, -0.2) is 4.79 Å². The summed E-state index contributed by atoms with van der Waals surface area (Å²) in [6.45, 7) is 0.932. The van der Waals surface area contributed by atoms with Gasteiger partial charge in [-0.3, -0.25) is 0 Å². The summed E-state index contributed by atoms with van der Waals surface area (Å²) in [5.41, 5.74) is 2.79. The molecule has 0 fully saturated rings. The van der Waals surface area contributed by atoms with Crippen LogP contribution in [0.3, 0.4) is 0 Å². The molecule has 1 N–H and O–H groups in total. The number of rotatable bonds is 7. The fourth-order valence-corrected chi connectivity index (χ4v) is 3.16. The van der Waals surface area contributed by atoms with Gasteiger partial charge in [-0.1, -0.05) is 35.9 Å². The number of ether oxygens (including phenoxy) is 2. The molecule has 0 radical (unpaired) electrons. The van der Waals surface area contributed by atoms with Crippen LogP contribution in [0, 0.1) is 0 Å². The summed E-state index contributed by atoms with van der Waals surface area (Å²) in [6.07, 6.45) is 0. The minimum Gasteiger partial charge on any atom is -0.493 e. The van der Waals surface area contributed by atoms with E-state index in [1.54, 1.807) is 13.2 Å². The first-order valence-corrected chi connectivity index (χ1v) is 9.38. The van der Waals surface area contributed by atoms with Crippen molar-refractivity contribution in [2.45, 2.75) is 13.2 Å². The SMILES string of the molecule is COc1cc(CNc2ccc3c(c2)=NC(=O)N=3)ccc1OCc1ccccc1Cl. The van der Waals surface area contributed by atoms with Crippen LogP contribution in [0.25, 0.3) is 0 Å². The summed E-state index contributed by atoms with van der Waals surface area (Å²) in [7, 11) is 1.61. The number of carbonyl (C=O) groups is 1. The minimum atomic E-state index is -0.464. The number of amides is 2. The summed E-state index contributed by atoms with van der Waals surface area (Å²) in [5, 5.41) is 5.17. The molecule has 0 spiro atoms. The van der Waals surface area contributed by atoms with Crippen LogP contribution in [0.2, 0.25) is 5.02 Å². The zero-order valence-corrected chi connectivity index (χ0v) is 16.4. The molecule has 0 unspecified atom stereocenters. The number of urea groups is 1. The van der Waals surface area contributed by atoms with Gasteiger partial charge >= 0.3 is 6.03 Å². The number of anilines is 1. The molecule has 7 heteroatoms. The lowest BCUT2D eigenvalue weighted by Gasteiger charge is -2.13. The molecule has 1 aliphatic heterocycles. The van der Waals surface area contributed by atoms with Gasteiger partial charge in [0.25, 0.3) is 0 Å². The van der Waals surface area contributed by atoms with Crippen molar-refractivity contribution in [1.29, 1.82) is 0 Å². The number of carbonyl (C=O) groups excluding carboxylic acids is 1. The number of hydrogen-bond acceptors (Lipinski definition) is 4. The van der Waals surface area contributed by atoms with Crippen LogP contribution in [0.4, 0.5) is 10.5 Å². The Balaban J connectivity index is 1.44. The minimum absolute atomic E-state index is 0.357. The summed E-state index contributed by atoms with van der Waals surface area (Å²) in [5.74, 6) is 1.29. The first-order valence-electron chi connectivity index (χ1n) is 9.01. The highest BCUT2D eigenvalue weighted by molar-refractivity contribution is 6.31. The van der Waals surface area contributed by atoms with Crippen LogP contribution in [-0.4, -0.2) is 13.1 Å². The molecular weight excluding hydrogens is 390 g/mol. The van der Waals surface area contributed by atoms with E-state index in [4.69, 9.17) is 21.1 Å². The molecule has 0 aromatic heterocycles. The lowest BCUT2D eigenvalue weighted by molar-refractivity contribution is 0.256. The third kappa shape index (κ3) is 4.38. The van der Waals surface area contributed by atoms with Crippen LogP contribution < -0.4 is 25.5 Å². The monoisotopic (exact) mass is 407 g/mol. The van der Waals surface area contributed by atoms with Crippen molar-refractivity contribution in [2.75, 3.05) is 12.4 Å². The van der Waals surface area contributed by atoms with Gasteiger partial charge < -0.3 is 14.8 Å². The number of hydrogen-bond donors (Lipinski definition) is 1. The number of nitrogens with one attached hydrogen (secondary N) is 1. The molecule has 0 aliphatic carbocycles. The Hall–Kier alpha value is -3.38. The normalized spacial score (nSPS) is 12.0. The van der Waals surface area contributed by atoms with E-state index in [2.05, 4.69) is 15.3 Å². The van der Waals surface area contributed by atoms with E-state index in [0.29, 0.717) is 40.4 Å². The van der Waals surface area contributed by atoms with Gasteiger partial charge in [-0.05, 0) is 42.0 Å². The molecular formula is C22H18ClN3O3. The standard InChI is InChI=1S/C22H18ClN3O3/c1-28-21-10-14(6-9-20(21)29-13-15-4-2-3-5-17(15)23)12-24-16-7-8-18-19(11-16)26-22(27)25-18/h2-11,24H,12-13H2,1H3. The molecule has 146 valence electrons.